The van der Waals surface area contributed by atoms with Crippen LogP contribution in [0, 0.1) is 0 Å². The van der Waals surface area contributed by atoms with E-state index in [1.807, 2.05) is 21.0 Å². The average Bonchev–Trinajstić information content (AvgIpc) is 2.47. The van der Waals surface area contributed by atoms with E-state index >= 15 is 0 Å². The lowest BCUT2D eigenvalue weighted by Crippen LogP contribution is -3.06. The Morgan fingerprint density at radius 3 is 2.48 bits per heavy atom. The van der Waals surface area contributed by atoms with Gasteiger partial charge >= 0.3 is 0 Å². The van der Waals surface area contributed by atoms with Gasteiger partial charge in [-0.2, -0.15) is 0 Å². The van der Waals surface area contributed by atoms with Crippen LogP contribution >= 0.6 is 0 Å². The van der Waals surface area contributed by atoms with Crippen molar-refractivity contribution in [3.63, 3.8) is 0 Å². The van der Waals surface area contributed by atoms with Crippen molar-refractivity contribution in [2.24, 2.45) is 4.99 Å². The van der Waals surface area contributed by atoms with E-state index in [4.69, 9.17) is 9.47 Å². The Bertz CT molecular complexity index is 470. The zero-order valence-electron chi connectivity index (χ0n) is 13.1. The molecule has 0 bridgehead atoms. The van der Waals surface area contributed by atoms with Crippen LogP contribution < -0.4 is 15.0 Å². The molecular formula is C15H24N3O3+. The molecular weight excluding hydrogens is 270 g/mol. The predicted octanol–water partition coefficient (Wildman–Crippen LogP) is -0.0380. The van der Waals surface area contributed by atoms with Crippen molar-refractivity contribution in [3.8, 4) is 5.75 Å². The van der Waals surface area contributed by atoms with E-state index in [0.29, 0.717) is 24.5 Å². The van der Waals surface area contributed by atoms with Crippen LogP contribution in [0.25, 0.3) is 0 Å². The Balaban J connectivity index is 2.66. The van der Waals surface area contributed by atoms with Gasteiger partial charge in [0.1, 0.15) is 5.75 Å². The number of benzene rings is 1. The molecule has 0 aromatic heterocycles. The topological polar surface area (TPSA) is 64.4 Å². The molecule has 0 saturated heterocycles. The number of amidine groups is 1. The maximum Gasteiger partial charge on any atom is 0.291 e. The van der Waals surface area contributed by atoms with Gasteiger partial charge in [-0.25, -0.2) is 4.99 Å². The Hall–Kier alpha value is -2.08. The van der Waals surface area contributed by atoms with Gasteiger partial charge in [0, 0.05) is 5.56 Å². The summed E-state index contributed by atoms with van der Waals surface area (Å²) in [5.41, 5.74) is 0.529. The molecule has 0 atom stereocenters. The van der Waals surface area contributed by atoms with Crippen molar-refractivity contribution in [1.82, 2.24) is 5.32 Å². The molecule has 21 heavy (non-hydrogen) atoms. The SMILES string of the molecule is CCOC(=NCC[NH+](C)C)NC(=O)c1ccc(OC)cc1. The standard InChI is InChI=1S/C15H23N3O3/c1-5-21-15(16-10-11-18(2)3)17-14(19)12-6-8-13(20-4)9-7-12/h6-9H,5,10-11H2,1-4H3,(H,16,17,19)/p+1. The second-order valence-corrected chi connectivity index (χ2v) is 4.76. The number of aliphatic imine (C=N–C) groups is 1. The summed E-state index contributed by atoms with van der Waals surface area (Å²) >= 11 is 0. The highest BCUT2D eigenvalue weighted by Gasteiger charge is 2.10. The number of carbonyl (C=O) groups is 1. The average molecular weight is 294 g/mol. The lowest BCUT2D eigenvalue weighted by Gasteiger charge is -2.10. The van der Waals surface area contributed by atoms with Gasteiger partial charge in [0.05, 0.1) is 40.9 Å². The van der Waals surface area contributed by atoms with E-state index in [0.717, 1.165) is 6.54 Å². The number of hydrogen-bond donors (Lipinski definition) is 2. The fourth-order valence-corrected chi connectivity index (χ4v) is 1.55. The third-order valence-corrected chi connectivity index (χ3v) is 2.72. The Morgan fingerprint density at radius 1 is 1.29 bits per heavy atom. The summed E-state index contributed by atoms with van der Waals surface area (Å²) in [4.78, 5) is 17.7. The molecule has 0 aliphatic heterocycles. The molecule has 0 radical (unpaired) electrons. The normalized spacial score (nSPS) is 11.4. The predicted molar refractivity (Wildman–Crippen MR) is 82.1 cm³/mol. The summed E-state index contributed by atoms with van der Waals surface area (Å²) in [5, 5.41) is 2.68. The van der Waals surface area contributed by atoms with Crippen molar-refractivity contribution >= 4 is 11.9 Å². The van der Waals surface area contributed by atoms with Gasteiger partial charge in [-0.1, -0.05) is 0 Å². The molecule has 1 aromatic rings. The highest BCUT2D eigenvalue weighted by Crippen LogP contribution is 2.11. The fourth-order valence-electron chi connectivity index (χ4n) is 1.55. The molecule has 1 aromatic carbocycles. The van der Waals surface area contributed by atoms with Gasteiger partial charge in [0.2, 0.25) is 0 Å². The van der Waals surface area contributed by atoms with Gasteiger partial charge in [-0.15, -0.1) is 0 Å². The first kappa shape index (κ1) is 17.0. The largest absolute Gasteiger partial charge is 0.497 e. The zero-order chi connectivity index (χ0) is 15.7. The first-order valence-corrected chi connectivity index (χ1v) is 6.98. The molecule has 0 aliphatic rings. The summed E-state index contributed by atoms with van der Waals surface area (Å²) < 4.78 is 10.4. The fraction of sp³-hybridized carbons (Fsp3) is 0.467. The molecule has 0 fully saturated rings. The van der Waals surface area contributed by atoms with Crippen molar-refractivity contribution in [1.29, 1.82) is 0 Å². The molecule has 2 N–H and O–H groups in total. The van der Waals surface area contributed by atoms with E-state index in [1.165, 1.54) is 4.90 Å². The number of rotatable bonds is 6. The highest BCUT2D eigenvalue weighted by atomic mass is 16.5. The van der Waals surface area contributed by atoms with Gasteiger partial charge in [-0.3, -0.25) is 10.1 Å². The summed E-state index contributed by atoms with van der Waals surface area (Å²) in [7, 11) is 5.68. The lowest BCUT2D eigenvalue weighted by molar-refractivity contribution is -0.856. The molecule has 1 amide bonds. The minimum atomic E-state index is -0.248. The van der Waals surface area contributed by atoms with Crippen LogP contribution in [-0.2, 0) is 4.74 Å². The first-order chi connectivity index (χ1) is 10.1. The number of nitrogens with one attached hydrogen (secondary N) is 2. The summed E-state index contributed by atoms with van der Waals surface area (Å²) in [6.07, 6.45) is 0. The van der Waals surface area contributed by atoms with Crippen LogP contribution in [0.4, 0.5) is 0 Å². The van der Waals surface area contributed by atoms with Gasteiger partial charge in [0.25, 0.3) is 11.9 Å². The number of quaternary nitrogens is 1. The second-order valence-electron chi connectivity index (χ2n) is 4.76. The van der Waals surface area contributed by atoms with E-state index in [1.54, 1.807) is 31.4 Å². The number of amides is 1. The number of carbonyl (C=O) groups excluding carboxylic acids is 1. The Kier molecular flexibility index (Phi) is 7.25. The molecule has 0 saturated carbocycles. The quantitative estimate of drug-likeness (QED) is 0.572. The minimum absolute atomic E-state index is 0.248. The van der Waals surface area contributed by atoms with E-state index in [2.05, 4.69) is 10.3 Å². The maximum absolute atomic E-state index is 12.1. The van der Waals surface area contributed by atoms with Crippen molar-refractivity contribution in [3.05, 3.63) is 29.8 Å². The van der Waals surface area contributed by atoms with E-state index < -0.39 is 0 Å². The number of ether oxygens (including phenoxy) is 2. The highest BCUT2D eigenvalue weighted by molar-refractivity contribution is 6.04. The van der Waals surface area contributed by atoms with Crippen molar-refractivity contribution in [2.45, 2.75) is 6.92 Å². The van der Waals surface area contributed by atoms with Gasteiger partial charge in [0.15, 0.2) is 0 Å². The van der Waals surface area contributed by atoms with Crippen LogP contribution in [0.5, 0.6) is 5.75 Å². The van der Waals surface area contributed by atoms with Gasteiger partial charge in [-0.05, 0) is 31.2 Å². The summed E-state index contributed by atoms with van der Waals surface area (Å²) in [5.74, 6) is 0.460. The minimum Gasteiger partial charge on any atom is -0.497 e. The van der Waals surface area contributed by atoms with Crippen molar-refractivity contribution < 1.29 is 19.2 Å². The molecule has 0 spiro atoms. The summed E-state index contributed by atoms with van der Waals surface area (Å²) in [6.45, 7) is 3.78. The number of methoxy groups -OCH3 is 1. The Morgan fingerprint density at radius 2 is 1.95 bits per heavy atom. The van der Waals surface area contributed by atoms with Crippen LogP contribution in [0.1, 0.15) is 17.3 Å². The molecule has 6 heteroatoms. The van der Waals surface area contributed by atoms with Crippen LogP contribution in [-0.4, -0.2) is 52.8 Å². The smallest absolute Gasteiger partial charge is 0.291 e. The molecule has 0 aliphatic carbocycles. The number of likely N-dealkylation sites (N-methyl/N-ethyl adjacent to an activating group) is 1. The van der Waals surface area contributed by atoms with Crippen LogP contribution in [0.2, 0.25) is 0 Å². The van der Waals surface area contributed by atoms with Crippen molar-refractivity contribution in [2.75, 3.05) is 40.9 Å². The second kappa shape index (κ2) is 8.97. The third-order valence-electron chi connectivity index (χ3n) is 2.72. The van der Waals surface area contributed by atoms with E-state index in [-0.39, 0.29) is 11.9 Å². The van der Waals surface area contributed by atoms with E-state index in [9.17, 15) is 4.79 Å². The number of nitrogens with zero attached hydrogens (tertiary/aromatic N) is 1. The van der Waals surface area contributed by atoms with Crippen LogP contribution in [0.3, 0.4) is 0 Å². The monoisotopic (exact) mass is 294 g/mol. The third kappa shape index (κ3) is 6.27. The molecule has 0 unspecified atom stereocenters. The van der Waals surface area contributed by atoms with Crippen LogP contribution in [0.15, 0.2) is 29.3 Å². The number of hydrogen-bond acceptors (Lipinski definition) is 4. The molecule has 6 nitrogen and oxygen atoms in total. The Labute approximate surface area is 125 Å². The first-order valence-electron chi connectivity index (χ1n) is 6.98. The molecule has 116 valence electrons. The maximum atomic E-state index is 12.1. The molecule has 1 rings (SSSR count). The zero-order valence-corrected chi connectivity index (χ0v) is 13.1. The summed E-state index contributed by atoms with van der Waals surface area (Å²) in [6, 6.07) is 7.13. The lowest BCUT2D eigenvalue weighted by atomic mass is 10.2. The molecule has 0 heterocycles. The van der Waals surface area contributed by atoms with Gasteiger partial charge < -0.3 is 14.4 Å².